The Morgan fingerprint density at radius 1 is 1.33 bits per heavy atom. The van der Waals surface area contributed by atoms with Crippen LogP contribution in [-0.4, -0.2) is 10.9 Å². The van der Waals surface area contributed by atoms with Gasteiger partial charge in [-0.05, 0) is 44.0 Å². The lowest BCUT2D eigenvalue weighted by molar-refractivity contribution is 0.0951. The molecule has 0 bridgehead atoms. The van der Waals surface area contributed by atoms with E-state index in [1.165, 1.54) is 10.4 Å². The minimum absolute atomic E-state index is 0.106. The van der Waals surface area contributed by atoms with E-state index in [1.807, 2.05) is 6.07 Å². The van der Waals surface area contributed by atoms with Crippen molar-refractivity contribution in [2.75, 3.05) is 5.73 Å². The largest absolute Gasteiger partial charge is 0.384 e. The lowest BCUT2D eigenvalue weighted by atomic mass is 10.1. The topological polar surface area (TPSA) is 68.0 Å². The van der Waals surface area contributed by atoms with Crippen LogP contribution in [-0.2, 0) is 13.0 Å². The molecule has 0 aliphatic carbocycles. The van der Waals surface area contributed by atoms with Crippen LogP contribution in [0.3, 0.4) is 0 Å². The molecule has 0 saturated heterocycles. The molecule has 0 aliphatic rings. The summed E-state index contributed by atoms with van der Waals surface area (Å²) in [6.07, 6.45) is 1.81. The van der Waals surface area contributed by atoms with Crippen LogP contribution in [0.15, 0.2) is 18.2 Å². The summed E-state index contributed by atoms with van der Waals surface area (Å²) in [6.45, 7) is 6.79. The number of rotatable bonds is 5. The smallest absolute Gasteiger partial charge is 0.251 e. The highest BCUT2D eigenvalue weighted by Gasteiger charge is 2.10. The van der Waals surface area contributed by atoms with Gasteiger partial charge in [-0.1, -0.05) is 13.3 Å². The molecule has 0 fully saturated rings. The Kier molecular flexibility index (Phi) is 4.96. The summed E-state index contributed by atoms with van der Waals surface area (Å²) < 4.78 is 0. The van der Waals surface area contributed by atoms with Crippen LogP contribution in [0.1, 0.15) is 44.7 Å². The molecule has 112 valence electrons. The Labute approximate surface area is 129 Å². The monoisotopic (exact) mass is 303 g/mol. The van der Waals surface area contributed by atoms with Gasteiger partial charge in [-0.2, -0.15) is 0 Å². The number of pyridine rings is 1. The Morgan fingerprint density at radius 3 is 2.71 bits per heavy atom. The Balaban J connectivity index is 2.06. The fourth-order valence-electron chi connectivity index (χ4n) is 2.13. The number of hydrogen-bond acceptors (Lipinski definition) is 4. The number of nitrogens with zero attached hydrogens (tertiary/aromatic N) is 1. The van der Waals surface area contributed by atoms with Gasteiger partial charge in [-0.3, -0.25) is 4.79 Å². The minimum Gasteiger partial charge on any atom is -0.384 e. The second-order valence-electron chi connectivity index (χ2n) is 5.16. The molecule has 0 spiro atoms. The number of carbonyl (C=O) groups is 1. The number of thiophene rings is 1. The number of nitrogen functional groups attached to an aromatic ring is 1. The van der Waals surface area contributed by atoms with Crippen LogP contribution in [0.5, 0.6) is 0 Å². The van der Waals surface area contributed by atoms with E-state index < -0.39 is 0 Å². The lowest BCUT2D eigenvalue weighted by Crippen LogP contribution is -2.22. The van der Waals surface area contributed by atoms with Gasteiger partial charge in [0.1, 0.15) is 5.82 Å². The second kappa shape index (κ2) is 6.72. The van der Waals surface area contributed by atoms with E-state index in [1.54, 1.807) is 17.4 Å². The minimum atomic E-state index is -0.106. The molecule has 0 aliphatic heterocycles. The zero-order chi connectivity index (χ0) is 15.4. The summed E-state index contributed by atoms with van der Waals surface area (Å²) in [4.78, 5) is 18.9. The summed E-state index contributed by atoms with van der Waals surface area (Å²) in [7, 11) is 0. The quantitative estimate of drug-likeness (QED) is 0.891. The zero-order valence-corrected chi connectivity index (χ0v) is 13.5. The van der Waals surface area contributed by atoms with Crippen molar-refractivity contribution >= 4 is 23.1 Å². The number of amides is 1. The highest BCUT2D eigenvalue weighted by Crippen LogP contribution is 2.20. The molecular weight excluding hydrogens is 282 g/mol. The predicted molar refractivity (Wildman–Crippen MR) is 87.6 cm³/mol. The number of carbonyl (C=O) groups excluding carboxylic acids is 1. The number of anilines is 1. The molecular formula is C16H21N3OS. The van der Waals surface area contributed by atoms with Crippen LogP contribution in [0.2, 0.25) is 0 Å². The van der Waals surface area contributed by atoms with E-state index in [0.717, 1.165) is 23.4 Å². The molecule has 0 atom stereocenters. The molecule has 3 N–H and O–H groups in total. The van der Waals surface area contributed by atoms with Gasteiger partial charge >= 0.3 is 0 Å². The average molecular weight is 303 g/mol. The number of nitrogens with one attached hydrogen (secondary N) is 1. The van der Waals surface area contributed by atoms with Crippen LogP contribution >= 0.6 is 11.3 Å². The van der Waals surface area contributed by atoms with E-state index in [4.69, 9.17) is 5.73 Å². The van der Waals surface area contributed by atoms with Crippen molar-refractivity contribution in [1.29, 1.82) is 0 Å². The van der Waals surface area contributed by atoms with Gasteiger partial charge in [0.25, 0.3) is 5.91 Å². The van der Waals surface area contributed by atoms with E-state index in [0.29, 0.717) is 17.9 Å². The fourth-order valence-corrected chi connectivity index (χ4v) is 3.13. The summed E-state index contributed by atoms with van der Waals surface area (Å²) in [5.41, 5.74) is 8.48. The molecule has 1 amide bonds. The molecule has 0 unspecified atom stereocenters. The Morgan fingerprint density at radius 2 is 2.10 bits per heavy atom. The van der Waals surface area contributed by atoms with Gasteiger partial charge < -0.3 is 11.1 Å². The first kappa shape index (κ1) is 15.5. The maximum atomic E-state index is 12.2. The van der Waals surface area contributed by atoms with Crippen molar-refractivity contribution in [1.82, 2.24) is 10.3 Å². The normalized spacial score (nSPS) is 10.6. The highest BCUT2D eigenvalue weighted by atomic mass is 32.1. The maximum Gasteiger partial charge on any atom is 0.251 e. The molecule has 21 heavy (non-hydrogen) atoms. The molecule has 0 radical (unpaired) electrons. The van der Waals surface area contributed by atoms with E-state index in [9.17, 15) is 4.79 Å². The van der Waals surface area contributed by atoms with Crippen molar-refractivity contribution < 1.29 is 4.79 Å². The molecule has 5 heteroatoms. The molecule has 0 aromatic carbocycles. The van der Waals surface area contributed by atoms with Gasteiger partial charge in [0.05, 0.1) is 6.54 Å². The third-order valence-electron chi connectivity index (χ3n) is 3.31. The van der Waals surface area contributed by atoms with Crippen molar-refractivity contribution in [2.45, 2.75) is 40.2 Å². The SMILES string of the molecule is CCCc1cc(C(=O)NCc2cc(C)c(C)s2)cc(N)n1. The van der Waals surface area contributed by atoms with Gasteiger partial charge in [-0.15, -0.1) is 11.3 Å². The summed E-state index contributed by atoms with van der Waals surface area (Å²) in [5.74, 6) is 0.291. The lowest BCUT2D eigenvalue weighted by Gasteiger charge is -2.07. The first-order valence-corrected chi connectivity index (χ1v) is 7.91. The predicted octanol–water partition coefficient (Wildman–Crippen LogP) is 3.22. The van der Waals surface area contributed by atoms with Crippen LogP contribution in [0.4, 0.5) is 5.82 Å². The zero-order valence-electron chi connectivity index (χ0n) is 12.7. The van der Waals surface area contributed by atoms with E-state index >= 15 is 0 Å². The average Bonchev–Trinajstić information content (AvgIpc) is 2.75. The van der Waals surface area contributed by atoms with Gasteiger partial charge in [0.15, 0.2) is 0 Å². The van der Waals surface area contributed by atoms with Gasteiger partial charge in [0, 0.05) is 21.0 Å². The van der Waals surface area contributed by atoms with Crippen LogP contribution < -0.4 is 11.1 Å². The van der Waals surface area contributed by atoms with Gasteiger partial charge in [0.2, 0.25) is 0 Å². The first-order chi connectivity index (χ1) is 9.99. The molecule has 2 heterocycles. The summed E-state index contributed by atoms with van der Waals surface area (Å²) in [6, 6.07) is 5.56. The van der Waals surface area contributed by atoms with Crippen molar-refractivity contribution in [2.24, 2.45) is 0 Å². The van der Waals surface area contributed by atoms with Crippen molar-refractivity contribution in [3.8, 4) is 0 Å². The summed E-state index contributed by atoms with van der Waals surface area (Å²) in [5, 5.41) is 2.94. The van der Waals surface area contributed by atoms with Crippen LogP contribution in [0, 0.1) is 13.8 Å². The molecule has 2 rings (SSSR count). The second-order valence-corrected chi connectivity index (χ2v) is 6.50. The number of nitrogens with two attached hydrogens (primary N) is 1. The van der Waals surface area contributed by atoms with Crippen molar-refractivity contribution in [3.63, 3.8) is 0 Å². The fraction of sp³-hybridized carbons (Fsp3) is 0.375. The van der Waals surface area contributed by atoms with Gasteiger partial charge in [-0.25, -0.2) is 4.98 Å². The molecule has 2 aromatic rings. The Bertz CT molecular complexity index is 629. The Hall–Kier alpha value is -1.88. The third-order valence-corrected chi connectivity index (χ3v) is 4.46. The first-order valence-electron chi connectivity index (χ1n) is 7.10. The summed E-state index contributed by atoms with van der Waals surface area (Å²) >= 11 is 1.71. The highest BCUT2D eigenvalue weighted by molar-refractivity contribution is 7.12. The number of aryl methyl sites for hydroxylation is 3. The van der Waals surface area contributed by atoms with Crippen molar-refractivity contribution in [3.05, 3.63) is 44.8 Å². The maximum absolute atomic E-state index is 12.2. The molecule has 4 nitrogen and oxygen atoms in total. The molecule has 2 aromatic heterocycles. The molecule has 0 saturated carbocycles. The standard InChI is InChI=1S/C16H21N3OS/c1-4-5-13-7-12(8-15(17)19-13)16(20)18-9-14-6-10(2)11(3)21-14/h6-8H,4-5,9H2,1-3H3,(H2,17,19)(H,18,20). The van der Waals surface area contributed by atoms with Crippen LogP contribution in [0.25, 0.3) is 0 Å². The number of aromatic nitrogens is 1. The van der Waals surface area contributed by atoms with E-state index in [-0.39, 0.29) is 5.91 Å². The number of hydrogen-bond donors (Lipinski definition) is 2. The third kappa shape index (κ3) is 4.04. The van der Waals surface area contributed by atoms with E-state index in [2.05, 4.69) is 37.1 Å².